The van der Waals surface area contributed by atoms with Gasteiger partial charge in [0.15, 0.2) is 0 Å². The van der Waals surface area contributed by atoms with E-state index in [1.807, 2.05) is 36.5 Å². The number of rotatable bonds is 6. The summed E-state index contributed by atoms with van der Waals surface area (Å²) >= 11 is 6.18. The molecule has 9 heteroatoms. The number of nitrogens with zero attached hydrogens (tertiary/aromatic N) is 4. The summed E-state index contributed by atoms with van der Waals surface area (Å²) in [5.41, 5.74) is 1.88. The fourth-order valence-corrected chi connectivity index (χ4v) is 3.88. The van der Waals surface area contributed by atoms with E-state index < -0.39 is 10.0 Å². The number of sulfonamides is 1. The first-order chi connectivity index (χ1) is 13.7. The molecule has 0 bridgehead atoms. The Labute approximate surface area is 175 Å². The molecule has 29 heavy (non-hydrogen) atoms. The van der Waals surface area contributed by atoms with Gasteiger partial charge in [0, 0.05) is 39.4 Å². The molecule has 0 radical (unpaired) electrons. The van der Waals surface area contributed by atoms with Gasteiger partial charge < -0.3 is 4.90 Å². The van der Waals surface area contributed by atoms with E-state index in [9.17, 15) is 13.2 Å². The molecule has 0 aliphatic rings. The van der Waals surface area contributed by atoms with Crippen LogP contribution in [0.2, 0.25) is 5.02 Å². The molecule has 0 N–H and O–H groups in total. The van der Waals surface area contributed by atoms with E-state index in [-0.39, 0.29) is 21.4 Å². The largest absolute Gasteiger partial charge is 0.337 e. The van der Waals surface area contributed by atoms with Crippen LogP contribution in [-0.4, -0.2) is 54.5 Å². The lowest BCUT2D eigenvalue weighted by Gasteiger charge is -2.18. The first-order valence-corrected chi connectivity index (χ1v) is 10.6. The zero-order valence-corrected chi connectivity index (χ0v) is 17.9. The topological polar surface area (TPSA) is 75.5 Å². The molecule has 0 saturated carbocycles. The van der Waals surface area contributed by atoms with Crippen LogP contribution in [0.4, 0.5) is 0 Å². The van der Waals surface area contributed by atoms with E-state index in [1.165, 1.54) is 37.2 Å². The molecule has 0 aliphatic heterocycles. The number of carbonyl (C=O) groups is 1. The van der Waals surface area contributed by atoms with Gasteiger partial charge in [-0.1, -0.05) is 29.8 Å². The molecule has 0 aliphatic carbocycles. The highest BCUT2D eigenvalue weighted by atomic mass is 35.5. The van der Waals surface area contributed by atoms with Crippen molar-refractivity contribution in [2.45, 2.75) is 11.4 Å². The van der Waals surface area contributed by atoms with E-state index >= 15 is 0 Å². The minimum absolute atomic E-state index is 0.0144. The fraction of sp³-hybridized carbons (Fsp3) is 0.200. The lowest BCUT2D eigenvalue weighted by atomic mass is 10.2. The molecule has 1 amide bonds. The number of benzene rings is 2. The number of amides is 1. The van der Waals surface area contributed by atoms with Crippen LogP contribution in [0.15, 0.2) is 65.8 Å². The standard InChI is InChI=1S/C20H21ClN4O3S/c1-23(2)29(27,28)17-9-10-19(21)18(11-17)20(26)24(3)13-15-12-22-25(14-15)16-7-5-4-6-8-16/h4-12,14H,13H2,1-3H3. The summed E-state index contributed by atoms with van der Waals surface area (Å²) in [6.45, 7) is 0.298. The Hall–Kier alpha value is -2.68. The Bertz CT molecular complexity index is 1130. The van der Waals surface area contributed by atoms with Crippen LogP contribution in [0.5, 0.6) is 0 Å². The van der Waals surface area contributed by atoms with Gasteiger partial charge in [0.05, 0.1) is 27.4 Å². The zero-order chi connectivity index (χ0) is 21.2. The number of para-hydroxylation sites is 1. The summed E-state index contributed by atoms with van der Waals surface area (Å²) in [7, 11) is 0.825. The third-order valence-corrected chi connectivity index (χ3v) is 6.51. The van der Waals surface area contributed by atoms with Crippen LogP contribution >= 0.6 is 11.6 Å². The van der Waals surface area contributed by atoms with Crippen molar-refractivity contribution in [1.29, 1.82) is 0 Å². The van der Waals surface area contributed by atoms with Crippen molar-refractivity contribution in [2.75, 3.05) is 21.1 Å². The van der Waals surface area contributed by atoms with Crippen LogP contribution < -0.4 is 0 Å². The van der Waals surface area contributed by atoms with Crippen molar-refractivity contribution in [2.24, 2.45) is 0 Å². The van der Waals surface area contributed by atoms with Crippen LogP contribution in [0.3, 0.4) is 0 Å². The van der Waals surface area contributed by atoms with E-state index in [4.69, 9.17) is 11.6 Å². The summed E-state index contributed by atoms with van der Waals surface area (Å²) in [6, 6.07) is 13.7. The molecule has 3 aromatic rings. The van der Waals surface area contributed by atoms with Crippen molar-refractivity contribution in [1.82, 2.24) is 19.0 Å². The van der Waals surface area contributed by atoms with E-state index in [0.29, 0.717) is 6.54 Å². The summed E-state index contributed by atoms with van der Waals surface area (Å²) < 4.78 is 27.5. The highest BCUT2D eigenvalue weighted by Gasteiger charge is 2.22. The molecule has 0 spiro atoms. The second-order valence-electron chi connectivity index (χ2n) is 6.72. The van der Waals surface area contributed by atoms with Gasteiger partial charge >= 0.3 is 0 Å². The van der Waals surface area contributed by atoms with Crippen LogP contribution in [0.1, 0.15) is 15.9 Å². The number of aromatic nitrogens is 2. The number of halogens is 1. The van der Waals surface area contributed by atoms with Gasteiger partial charge in [0.25, 0.3) is 5.91 Å². The van der Waals surface area contributed by atoms with Gasteiger partial charge in [0.1, 0.15) is 0 Å². The monoisotopic (exact) mass is 432 g/mol. The maximum Gasteiger partial charge on any atom is 0.255 e. The average molecular weight is 433 g/mol. The summed E-state index contributed by atoms with van der Waals surface area (Å²) in [6.07, 6.45) is 3.53. The number of carbonyl (C=O) groups excluding carboxylic acids is 1. The summed E-state index contributed by atoms with van der Waals surface area (Å²) in [5, 5.41) is 4.52. The smallest absolute Gasteiger partial charge is 0.255 e. The summed E-state index contributed by atoms with van der Waals surface area (Å²) in [5.74, 6) is -0.377. The maximum atomic E-state index is 12.9. The molecule has 0 atom stereocenters. The molecule has 1 aromatic heterocycles. The molecule has 3 rings (SSSR count). The van der Waals surface area contributed by atoms with Gasteiger partial charge in [-0.2, -0.15) is 5.10 Å². The molecular formula is C20H21ClN4O3S. The predicted octanol–water partition coefficient (Wildman–Crippen LogP) is 3.05. The highest BCUT2D eigenvalue weighted by molar-refractivity contribution is 7.89. The minimum atomic E-state index is -3.67. The fourth-order valence-electron chi connectivity index (χ4n) is 2.75. The van der Waals surface area contributed by atoms with Crippen molar-refractivity contribution in [3.8, 4) is 5.69 Å². The van der Waals surface area contributed by atoms with E-state index in [2.05, 4.69) is 5.10 Å². The van der Waals surface area contributed by atoms with Crippen LogP contribution in [-0.2, 0) is 16.6 Å². The molecule has 0 unspecified atom stereocenters. The molecule has 7 nitrogen and oxygen atoms in total. The second-order valence-corrected chi connectivity index (χ2v) is 9.28. The Morgan fingerprint density at radius 3 is 2.45 bits per heavy atom. The molecule has 0 saturated heterocycles. The third kappa shape index (κ3) is 4.50. The first kappa shape index (κ1) is 21.0. The predicted molar refractivity (Wildman–Crippen MR) is 112 cm³/mol. The maximum absolute atomic E-state index is 12.9. The van der Waals surface area contributed by atoms with Crippen molar-refractivity contribution in [3.63, 3.8) is 0 Å². The van der Waals surface area contributed by atoms with Crippen LogP contribution in [0, 0.1) is 0 Å². The van der Waals surface area contributed by atoms with E-state index in [0.717, 1.165) is 15.6 Å². The molecule has 2 aromatic carbocycles. The molecular weight excluding hydrogens is 412 g/mol. The second kappa shape index (κ2) is 8.36. The SMILES string of the molecule is CN(Cc1cnn(-c2ccccc2)c1)C(=O)c1cc(S(=O)(=O)N(C)C)ccc1Cl. The van der Waals surface area contributed by atoms with Crippen LogP contribution in [0.25, 0.3) is 5.69 Å². The zero-order valence-electron chi connectivity index (χ0n) is 16.3. The Balaban J connectivity index is 1.81. The minimum Gasteiger partial charge on any atom is -0.337 e. The molecule has 1 heterocycles. The quantitative estimate of drug-likeness (QED) is 0.600. The van der Waals surface area contributed by atoms with Crippen molar-refractivity contribution < 1.29 is 13.2 Å². The van der Waals surface area contributed by atoms with Gasteiger partial charge in [0.2, 0.25) is 10.0 Å². The molecule has 152 valence electrons. The Morgan fingerprint density at radius 2 is 1.79 bits per heavy atom. The Kier molecular flexibility index (Phi) is 6.07. The Morgan fingerprint density at radius 1 is 1.10 bits per heavy atom. The number of hydrogen-bond acceptors (Lipinski definition) is 4. The third-order valence-electron chi connectivity index (χ3n) is 4.37. The molecule has 0 fully saturated rings. The number of hydrogen-bond donors (Lipinski definition) is 0. The van der Waals surface area contributed by atoms with Crippen molar-refractivity contribution >= 4 is 27.5 Å². The first-order valence-electron chi connectivity index (χ1n) is 8.76. The average Bonchev–Trinajstić information content (AvgIpc) is 3.16. The highest BCUT2D eigenvalue weighted by Crippen LogP contribution is 2.24. The summed E-state index contributed by atoms with van der Waals surface area (Å²) in [4.78, 5) is 14.4. The lowest BCUT2D eigenvalue weighted by Crippen LogP contribution is -2.27. The normalized spacial score (nSPS) is 11.6. The van der Waals surface area contributed by atoms with Gasteiger partial charge in [-0.05, 0) is 30.3 Å². The van der Waals surface area contributed by atoms with Gasteiger partial charge in [-0.25, -0.2) is 17.4 Å². The van der Waals surface area contributed by atoms with Gasteiger partial charge in [-0.3, -0.25) is 4.79 Å². The van der Waals surface area contributed by atoms with E-state index in [1.54, 1.807) is 17.9 Å². The van der Waals surface area contributed by atoms with Gasteiger partial charge in [-0.15, -0.1) is 0 Å². The van der Waals surface area contributed by atoms with Crippen molar-refractivity contribution in [3.05, 3.63) is 77.1 Å². The lowest BCUT2D eigenvalue weighted by molar-refractivity contribution is 0.0785.